The predicted molar refractivity (Wildman–Crippen MR) is 132 cm³/mol. The van der Waals surface area contributed by atoms with Crippen LogP contribution in [0.1, 0.15) is 61.8 Å². The summed E-state index contributed by atoms with van der Waals surface area (Å²) in [6.45, 7) is 2.02. The monoisotopic (exact) mass is 452 g/mol. The van der Waals surface area contributed by atoms with Gasteiger partial charge in [-0.2, -0.15) is 0 Å². The highest BCUT2D eigenvalue weighted by Gasteiger charge is 2.48. The molecule has 1 saturated carbocycles. The molecule has 1 aromatic carbocycles. The molecule has 0 bridgehead atoms. The molecule has 2 aromatic rings. The minimum atomic E-state index is -1.43. The van der Waals surface area contributed by atoms with E-state index in [4.69, 9.17) is 17.2 Å². The first-order valence-corrected chi connectivity index (χ1v) is 12.2. The number of anilines is 3. The Hall–Kier alpha value is -2.64. The number of thiophene rings is 1. The van der Waals surface area contributed by atoms with E-state index >= 15 is 0 Å². The summed E-state index contributed by atoms with van der Waals surface area (Å²) < 4.78 is 0. The van der Waals surface area contributed by atoms with Crippen LogP contribution in [-0.4, -0.2) is 17.4 Å². The molecule has 0 spiro atoms. The van der Waals surface area contributed by atoms with E-state index in [-0.39, 0.29) is 11.7 Å². The first-order valence-electron chi connectivity index (χ1n) is 11.4. The van der Waals surface area contributed by atoms with Gasteiger partial charge in [-0.3, -0.25) is 14.5 Å². The van der Waals surface area contributed by atoms with Crippen molar-refractivity contribution in [2.75, 3.05) is 16.4 Å². The van der Waals surface area contributed by atoms with E-state index in [1.54, 1.807) is 29.5 Å². The fraction of sp³-hybridized carbons (Fsp3) is 0.440. The van der Waals surface area contributed by atoms with Crippen molar-refractivity contribution in [2.24, 2.45) is 11.7 Å². The van der Waals surface area contributed by atoms with Crippen molar-refractivity contribution in [3.63, 3.8) is 0 Å². The first-order chi connectivity index (χ1) is 15.3. The Morgan fingerprint density at radius 2 is 1.97 bits per heavy atom. The molecule has 2 aliphatic rings. The van der Waals surface area contributed by atoms with Crippen LogP contribution in [0, 0.1) is 12.8 Å². The lowest BCUT2D eigenvalue weighted by Gasteiger charge is -2.45. The Labute approximate surface area is 193 Å². The van der Waals surface area contributed by atoms with Gasteiger partial charge in [-0.25, -0.2) is 0 Å². The second kappa shape index (κ2) is 9.08. The summed E-state index contributed by atoms with van der Waals surface area (Å²) in [5.41, 5.74) is 20.7. The van der Waals surface area contributed by atoms with Crippen LogP contribution >= 0.6 is 11.3 Å². The van der Waals surface area contributed by atoms with E-state index in [1.807, 2.05) is 24.4 Å². The molecule has 0 radical (unpaired) electrons. The van der Waals surface area contributed by atoms with Crippen molar-refractivity contribution in [2.45, 2.75) is 64.0 Å². The van der Waals surface area contributed by atoms with Gasteiger partial charge in [0, 0.05) is 22.6 Å². The van der Waals surface area contributed by atoms with Crippen molar-refractivity contribution in [1.82, 2.24) is 0 Å². The zero-order chi connectivity index (χ0) is 22.9. The fourth-order valence-corrected chi connectivity index (χ4v) is 5.75. The van der Waals surface area contributed by atoms with E-state index in [9.17, 15) is 9.59 Å². The highest BCUT2D eigenvalue weighted by molar-refractivity contribution is 7.11. The molecular formula is C25H32N4O2S. The normalized spacial score (nSPS) is 23.6. The van der Waals surface area contributed by atoms with Crippen molar-refractivity contribution in [1.29, 1.82) is 0 Å². The molecule has 1 aromatic heterocycles. The van der Waals surface area contributed by atoms with Crippen LogP contribution in [0.3, 0.4) is 0 Å². The molecule has 1 saturated heterocycles. The maximum atomic E-state index is 13.8. The summed E-state index contributed by atoms with van der Waals surface area (Å²) in [5.74, 6) is -0.0377. The number of benzene rings is 1. The van der Waals surface area contributed by atoms with Crippen molar-refractivity contribution >= 4 is 46.2 Å². The lowest BCUT2D eigenvalue weighted by Crippen LogP contribution is -2.66. The number of ketones is 1. The zero-order valence-electron chi connectivity index (χ0n) is 18.6. The van der Waals surface area contributed by atoms with Crippen LogP contribution in [0.4, 0.5) is 17.1 Å². The first kappa shape index (κ1) is 22.6. The molecule has 7 heteroatoms. The van der Waals surface area contributed by atoms with Gasteiger partial charge in [0.25, 0.3) is 5.91 Å². The third-order valence-electron chi connectivity index (χ3n) is 6.84. The predicted octanol–water partition coefficient (Wildman–Crippen LogP) is 4.63. The highest BCUT2D eigenvalue weighted by Crippen LogP contribution is 2.40. The Kier molecular flexibility index (Phi) is 6.40. The van der Waals surface area contributed by atoms with Gasteiger partial charge in [0.1, 0.15) is 0 Å². The van der Waals surface area contributed by atoms with E-state index in [1.165, 1.54) is 11.3 Å². The maximum Gasteiger partial charge on any atom is 0.256 e. The van der Waals surface area contributed by atoms with Gasteiger partial charge in [-0.05, 0) is 67.0 Å². The maximum absolute atomic E-state index is 13.8. The van der Waals surface area contributed by atoms with E-state index in [0.29, 0.717) is 47.8 Å². The number of hydrogen-bond donors (Lipinski definition) is 3. The molecule has 6 N–H and O–H groups in total. The van der Waals surface area contributed by atoms with Crippen molar-refractivity contribution in [3.8, 4) is 0 Å². The van der Waals surface area contributed by atoms with Crippen molar-refractivity contribution < 1.29 is 9.59 Å². The summed E-state index contributed by atoms with van der Waals surface area (Å²) in [6, 6.07) is 7.01. The summed E-state index contributed by atoms with van der Waals surface area (Å²) in [7, 11) is 0. The number of hydrogen-bond acceptors (Lipinski definition) is 6. The zero-order valence-corrected chi connectivity index (χ0v) is 19.4. The molecule has 1 atom stereocenters. The Morgan fingerprint density at radius 1 is 1.22 bits per heavy atom. The van der Waals surface area contributed by atoms with Crippen LogP contribution < -0.4 is 22.1 Å². The number of Topliss-reactive ketones (excluding diaryl/α,β-unsaturated/α-hetero) is 1. The average Bonchev–Trinajstić information content (AvgIpc) is 3.18. The molecular weight excluding hydrogens is 420 g/mol. The van der Waals surface area contributed by atoms with Crippen LogP contribution in [0.25, 0.3) is 6.08 Å². The Balaban J connectivity index is 1.73. The van der Waals surface area contributed by atoms with Gasteiger partial charge >= 0.3 is 0 Å². The number of piperidine rings is 1. The van der Waals surface area contributed by atoms with E-state index < -0.39 is 5.66 Å². The molecule has 1 unspecified atom stereocenters. The smallest absolute Gasteiger partial charge is 0.256 e. The SMILES string of the molecule is Cc1ccsc1/C=C1\CCC(N)(C(=O)CC2CCCCC2)N(c2cc(N)ccc2N)C1=O. The largest absolute Gasteiger partial charge is 0.399 e. The molecule has 2 fully saturated rings. The molecule has 170 valence electrons. The quantitative estimate of drug-likeness (QED) is 0.452. The molecule has 1 aliphatic heterocycles. The van der Waals surface area contributed by atoms with Gasteiger partial charge in [0.15, 0.2) is 11.4 Å². The molecule has 1 aliphatic carbocycles. The number of carbonyl (C=O) groups excluding carboxylic acids is 2. The standard InChI is InChI=1S/C25H32N4O2S/c1-16-10-12-32-22(16)14-18-9-11-25(28,23(30)13-17-5-3-2-4-6-17)29(24(18)31)21-15-19(26)7-8-20(21)27/h7-8,10,12,14-15,17H,2-6,9,11,13,26-28H2,1H3/b18-14+. The summed E-state index contributed by atoms with van der Waals surface area (Å²) in [5, 5.41) is 2.00. The van der Waals surface area contributed by atoms with Crippen LogP contribution in [0.5, 0.6) is 0 Å². The van der Waals surface area contributed by atoms with Crippen LogP contribution in [0.15, 0.2) is 35.2 Å². The highest BCUT2D eigenvalue weighted by atomic mass is 32.1. The number of nitrogens with zero attached hydrogens (tertiary/aromatic N) is 1. The summed E-state index contributed by atoms with van der Waals surface area (Å²) in [6.07, 6.45) is 8.71. The number of aryl methyl sites for hydroxylation is 1. The second-order valence-electron chi connectivity index (χ2n) is 9.15. The van der Waals surface area contributed by atoms with Gasteiger partial charge in [-0.1, -0.05) is 32.1 Å². The molecule has 2 heterocycles. The number of carbonyl (C=O) groups is 2. The van der Waals surface area contributed by atoms with Crippen molar-refractivity contribution in [3.05, 3.63) is 45.7 Å². The van der Waals surface area contributed by atoms with Crippen LogP contribution in [-0.2, 0) is 9.59 Å². The lowest BCUT2D eigenvalue weighted by atomic mass is 9.80. The van der Waals surface area contributed by atoms with Gasteiger partial charge < -0.3 is 17.2 Å². The Morgan fingerprint density at radius 3 is 2.66 bits per heavy atom. The molecule has 32 heavy (non-hydrogen) atoms. The number of amides is 1. The number of nitrogens with two attached hydrogens (primary N) is 3. The Bertz CT molecular complexity index is 1050. The number of nitrogen functional groups attached to an aromatic ring is 2. The van der Waals surface area contributed by atoms with Gasteiger partial charge in [0.2, 0.25) is 0 Å². The third-order valence-corrected chi connectivity index (χ3v) is 7.80. The van der Waals surface area contributed by atoms with Gasteiger partial charge in [-0.15, -0.1) is 11.3 Å². The molecule has 1 amide bonds. The summed E-state index contributed by atoms with van der Waals surface area (Å²) in [4.78, 5) is 29.8. The third kappa shape index (κ3) is 4.32. The molecule has 4 rings (SSSR count). The fourth-order valence-electron chi connectivity index (χ4n) is 4.87. The van der Waals surface area contributed by atoms with Gasteiger partial charge in [0.05, 0.1) is 11.4 Å². The van der Waals surface area contributed by atoms with E-state index in [2.05, 4.69) is 0 Å². The molecule has 6 nitrogen and oxygen atoms in total. The van der Waals surface area contributed by atoms with Crippen LogP contribution in [0.2, 0.25) is 0 Å². The second-order valence-corrected chi connectivity index (χ2v) is 10.1. The van der Waals surface area contributed by atoms with E-state index in [0.717, 1.165) is 36.1 Å². The minimum absolute atomic E-state index is 0.0917. The lowest BCUT2D eigenvalue weighted by molar-refractivity contribution is -0.130. The average molecular weight is 453 g/mol. The minimum Gasteiger partial charge on any atom is -0.399 e. The topological polar surface area (TPSA) is 115 Å². The summed E-state index contributed by atoms with van der Waals surface area (Å²) >= 11 is 1.59. The number of rotatable bonds is 5.